The van der Waals surface area contributed by atoms with Gasteiger partial charge in [-0.2, -0.15) is 5.26 Å². The molecule has 0 bridgehead atoms. The molecule has 0 unspecified atom stereocenters. The van der Waals surface area contributed by atoms with E-state index in [1.54, 1.807) is 21.3 Å². The monoisotopic (exact) mass is 429 g/mol. The summed E-state index contributed by atoms with van der Waals surface area (Å²) in [5.74, 6) is 2.07. The van der Waals surface area contributed by atoms with Gasteiger partial charge in [0.05, 0.1) is 26.8 Å². The molecule has 30 heavy (non-hydrogen) atoms. The second-order valence-electron chi connectivity index (χ2n) is 7.10. The zero-order valence-electron chi connectivity index (χ0n) is 18.1. The number of hydrogen-bond donors (Lipinski definition) is 0. The zero-order chi connectivity index (χ0) is 21.0. The Hall–Kier alpha value is -2.88. The molecule has 0 amide bonds. The Morgan fingerprint density at radius 1 is 0.967 bits per heavy atom. The molecule has 0 N–H and O–H groups in total. The molecule has 6 nitrogen and oxygen atoms in total. The SMILES string of the molecule is COc1ccc(-c2c(C#N)n(CCCN(C)C)c3cc(OC)c(OC)cc23)cc1.Cl. The zero-order valence-corrected chi connectivity index (χ0v) is 18.9. The Kier molecular flexibility index (Phi) is 7.99. The number of aryl methyl sites for hydroxylation is 1. The van der Waals surface area contributed by atoms with Crippen molar-refractivity contribution in [2.45, 2.75) is 13.0 Å². The van der Waals surface area contributed by atoms with Crippen molar-refractivity contribution in [3.8, 4) is 34.4 Å². The van der Waals surface area contributed by atoms with Gasteiger partial charge in [0.1, 0.15) is 17.5 Å². The van der Waals surface area contributed by atoms with Crippen molar-refractivity contribution < 1.29 is 14.2 Å². The van der Waals surface area contributed by atoms with Crippen molar-refractivity contribution in [1.29, 1.82) is 5.26 Å². The first-order chi connectivity index (χ1) is 14.0. The highest BCUT2D eigenvalue weighted by atomic mass is 35.5. The number of hydrogen-bond acceptors (Lipinski definition) is 5. The van der Waals surface area contributed by atoms with Gasteiger partial charge in [-0.15, -0.1) is 12.4 Å². The van der Waals surface area contributed by atoms with E-state index in [4.69, 9.17) is 14.2 Å². The molecule has 0 atom stereocenters. The van der Waals surface area contributed by atoms with Gasteiger partial charge in [-0.1, -0.05) is 12.1 Å². The molecule has 3 aromatic rings. The molecule has 0 saturated heterocycles. The molecule has 0 aliphatic rings. The van der Waals surface area contributed by atoms with E-state index in [0.29, 0.717) is 17.2 Å². The van der Waals surface area contributed by atoms with Gasteiger partial charge in [0, 0.05) is 23.6 Å². The van der Waals surface area contributed by atoms with Crippen LogP contribution in [0.1, 0.15) is 12.1 Å². The molecular formula is C23H28ClN3O3. The maximum Gasteiger partial charge on any atom is 0.162 e. The van der Waals surface area contributed by atoms with E-state index in [1.165, 1.54) is 0 Å². The minimum atomic E-state index is 0. The van der Waals surface area contributed by atoms with Gasteiger partial charge in [0.15, 0.2) is 11.5 Å². The fourth-order valence-corrected chi connectivity index (χ4v) is 3.62. The van der Waals surface area contributed by atoms with Crippen LogP contribution in [0.5, 0.6) is 17.2 Å². The van der Waals surface area contributed by atoms with Gasteiger partial charge in [-0.25, -0.2) is 0 Å². The Morgan fingerprint density at radius 3 is 2.13 bits per heavy atom. The Labute approximate surface area is 184 Å². The van der Waals surface area contributed by atoms with E-state index in [-0.39, 0.29) is 12.4 Å². The average molecular weight is 430 g/mol. The van der Waals surface area contributed by atoms with Crippen LogP contribution in [0.3, 0.4) is 0 Å². The van der Waals surface area contributed by atoms with E-state index in [2.05, 4.69) is 29.6 Å². The number of methoxy groups -OCH3 is 3. The summed E-state index contributed by atoms with van der Waals surface area (Å²) in [5, 5.41) is 11.0. The van der Waals surface area contributed by atoms with Gasteiger partial charge in [0.25, 0.3) is 0 Å². The largest absolute Gasteiger partial charge is 0.497 e. The number of halogens is 1. The summed E-state index contributed by atoms with van der Waals surface area (Å²) < 4.78 is 18.4. The lowest BCUT2D eigenvalue weighted by Gasteiger charge is -2.12. The number of benzene rings is 2. The van der Waals surface area contributed by atoms with Gasteiger partial charge in [-0.3, -0.25) is 0 Å². The van der Waals surface area contributed by atoms with E-state index in [0.717, 1.165) is 47.3 Å². The molecule has 160 valence electrons. The van der Waals surface area contributed by atoms with Gasteiger partial charge >= 0.3 is 0 Å². The van der Waals surface area contributed by atoms with E-state index < -0.39 is 0 Å². The van der Waals surface area contributed by atoms with Crippen LogP contribution < -0.4 is 14.2 Å². The normalized spacial score (nSPS) is 10.6. The molecule has 7 heteroatoms. The summed E-state index contributed by atoms with van der Waals surface area (Å²) >= 11 is 0. The third kappa shape index (κ3) is 4.48. The third-order valence-corrected chi connectivity index (χ3v) is 5.04. The highest BCUT2D eigenvalue weighted by Gasteiger charge is 2.21. The summed E-state index contributed by atoms with van der Waals surface area (Å²) in [5.41, 5.74) is 3.46. The van der Waals surface area contributed by atoms with Crippen LogP contribution in [0, 0.1) is 11.3 Å². The third-order valence-electron chi connectivity index (χ3n) is 5.04. The fourth-order valence-electron chi connectivity index (χ4n) is 3.62. The number of fused-ring (bicyclic) bond motifs is 1. The fraction of sp³-hybridized carbons (Fsp3) is 0.348. The lowest BCUT2D eigenvalue weighted by molar-refractivity contribution is 0.355. The lowest BCUT2D eigenvalue weighted by atomic mass is 10.0. The number of nitrogens with zero attached hydrogens (tertiary/aromatic N) is 3. The number of aromatic nitrogens is 1. The minimum absolute atomic E-state index is 0. The van der Waals surface area contributed by atoms with Crippen LogP contribution in [0.15, 0.2) is 36.4 Å². The quantitative estimate of drug-likeness (QED) is 0.524. The molecule has 0 saturated carbocycles. The molecule has 2 aromatic carbocycles. The lowest BCUT2D eigenvalue weighted by Crippen LogP contribution is -2.15. The summed E-state index contributed by atoms with van der Waals surface area (Å²) in [6, 6.07) is 14.1. The standard InChI is InChI=1S/C23H27N3O3.ClH/c1-25(2)11-6-12-26-19-14-22(29-5)21(28-4)13-18(19)23(20(26)15-24)16-7-9-17(27-3)10-8-16;/h7-10,13-14H,6,11-12H2,1-5H3;1H. The van der Waals surface area contributed by atoms with Crippen LogP contribution in [0.25, 0.3) is 22.0 Å². The van der Waals surface area contributed by atoms with Crippen molar-refractivity contribution >= 4 is 23.3 Å². The smallest absolute Gasteiger partial charge is 0.162 e. The van der Waals surface area contributed by atoms with Crippen LogP contribution in [-0.4, -0.2) is 51.4 Å². The van der Waals surface area contributed by atoms with Crippen molar-refractivity contribution in [1.82, 2.24) is 9.47 Å². The van der Waals surface area contributed by atoms with E-state index >= 15 is 0 Å². The van der Waals surface area contributed by atoms with Crippen LogP contribution in [0.4, 0.5) is 0 Å². The van der Waals surface area contributed by atoms with Crippen molar-refractivity contribution in [2.24, 2.45) is 0 Å². The molecule has 0 aliphatic heterocycles. The maximum atomic E-state index is 10.1. The van der Waals surface area contributed by atoms with E-state index in [1.807, 2.05) is 36.4 Å². The Balaban J connectivity index is 0.00000320. The highest BCUT2D eigenvalue weighted by Crippen LogP contribution is 2.41. The summed E-state index contributed by atoms with van der Waals surface area (Å²) in [4.78, 5) is 2.14. The van der Waals surface area contributed by atoms with Crippen LogP contribution >= 0.6 is 12.4 Å². The molecule has 0 aliphatic carbocycles. The van der Waals surface area contributed by atoms with E-state index in [9.17, 15) is 5.26 Å². The predicted molar refractivity (Wildman–Crippen MR) is 122 cm³/mol. The molecule has 3 rings (SSSR count). The summed E-state index contributed by atoms with van der Waals surface area (Å²) in [7, 11) is 8.99. The molecule has 1 heterocycles. The highest BCUT2D eigenvalue weighted by molar-refractivity contribution is 6.01. The number of ether oxygens (including phenoxy) is 3. The second kappa shape index (κ2) is 10.2. The predicted octanol–water partition coefficient (Wildman–Crippen LogP) is 4.58. The van der Waals surface area contributed by atoms with Crippen molar-refractivity contribution in [3.05, 3.63) is 42.1 Å². The average Bonchev–Trinajstić information content (AvgIpc) is 3.04. The summed E-state index contributed by atoms with van der Waals surface area (Å²) in [6.07, 6.45) is 0.932. The minimum Gasteiger partial charge on any atom is -0.497 e. The summed E-state index contributed by atoms with van der Waals surface area (Å²) in [6.45, 7) is 1.68. The van der Waals surface area contributed by atoms with Gasteiger partial charge in [-0.05, 0) is 50.8 Å². The topological polar surface area (TPSA) is 59.7 Å². The molecule has 0 radical (unpaired) electrons. The molecular weight excluding hydrogens is 402 g/mol. The maximum absolute atomic E-state index is 10.1. The van der Waals surface area contributed by atoms with Crippen molar-refractivity contribution in [2.75, 3.05) is 42.0 Å². The van der Waals surface area contributed by atoms with Crippen LogP contribution in [0.2, 0.25) is 0 Å². The molecule has 1 aromatic heterocycles. The van der Waals surface area contributed by atoms with Crippen molar-refractivity contribution in [3.63, 3.8) is 0 Å². The second-order valence-corrected chi connectivity index (χ2v) is 7.10. The van der Waals surface area contributed by atoms with Gasteiger partial charge < -0.3 is 23.7 Å². The van der Waals surface area contributed by atoms with Gasteiger partial charge in [0.2, 0.25) is 0 Å². The molecule has 0 fully saturated rings. The first kappa shape index (κ1) is 23.4. The number of nitriles is 1. The Morgan fingerprint density at radius 2 is 1.60 bits per heavy atom. The van der Waals surface area contributed by atoms with Crippen LogP contribution in [-0.2, 0) is 6.54 Å². The number of rotatable bonds is 8. The first-order valence-electron chi connectivity index (χ1n) is 9.51. The molecule has 0 spiro atoms. The first-order valence-corrected chi connectivity index (χ1v) is 9.51. The Bertz CT molecular complexity index is 1040.